The van der Waals surface area contributed by atoms with Crippen LogP contribution in [0.3, 0.4) is 0 Å². The minimum atomic E-state index is 0.264. The van der Waals surface area contributed by atoms with Gasteiger partial charge < -0.3 is 0 Å². The topological polar surface area (TPSA) is 17.1 Å². The Kier molecular flexibility index (Phi) is 2.27. The number of fused-ring (bicyclic) bond motifs is 5. The summed E-state index contributed by atoms with van der Waals surface area (Å²) in [6, 6.07) is 0. The van der Waals surface area contributed by atoms with Crippen LogP contribution in [0.1, 0.15) is 33.6 Å². The second kappa shape index (κ2) is 3.62. The standard InChI is InChI=1S/C18H21O/c1-10-9-14-17(18(14,2)3)13-6-4-5-11-12(16(10)13)7-8-15(11)19/h4,6-8,10,12-13,17H,5,9H2,1-3H3/t10-,12-,13-,17+/m1/s1. The monoisotopic (exact) mass is 253 g/mol. The predicted molar refractivity (Wildman–Crippen MR) is 75.7 cm³/mol. The van der Waals surface area contributed by atoms with Crippen LogP contribution in [-0.4, -0.2) is 5.78 Å². The minimum absolute atomic E-state index is 0.264. The number of carbonyl (C=O) groups excluding carboxylic acids is 1. The van der Waals surface area contributed by atoms with Crippen LogP contribution in [0.15, 0.2) is 24.3 Å². The van der Waals surface area contributed by atoms with Crippen molar-refractivity contribution in [3.8, 4) is 0 Å². The first-order valence-electron chi connectivity index (χ1n) is 7.49. The van der Waals surface area contributed by atoms with Crippen molar-refractivity contribution in [3.05, 3.63) is 42.1 Å². The number of allylic oxidation sites excluding steroid dienone is 4. The normalized spacial score (nSPS) is 44.7. The van der Waals surface area contributed by atoms with E-state index >= 15 is 0 Å². The van der Waals surface area contributed by atoms with Gasteiger partial charge in [0.15, 0.2) is 5.78 Å². The molecule has 4 atom stereocenters. The lowest BCUT2D eigenvalue weighted by atomic mass is 9.65. The van der Waals surface area contributed by atoms with E-state index in [-0.39, 0.29) is 5.78 Å². The van der Waals surface area contributed by atoms with Gasteiger partial charge in [0.05, 0.1) is 5.92 Å². The van der Waals surface area contributed by atoms with E-state index in [1.807, 2.05) is 0 Å². The Morgan fingerprint density at radius 2 is 2.05 bits per heavy atom. The Balaban J connectivity index is 1.73. The van der Waals surface area contributed by atoms with E-state index in [0.717, 1.165) is 18.3 Å². The average Bonchev–Trinajstić information content (AvgIpc) is 2.80. The van der Waals surface area contributed by atoms with Crippen LogP contribution >= 0.6 is 0 Å². The van der Waals surface area contributed by atoms with Gasteiger partial charge in [-0.05, 0) is 59.8 Å². The summed E-state index contributed by atoms with van der Waals surface area (Å²) in [5.41, 5.74) is 0.418. The molecule has 4 aliphatic carbocycles. The summed E-state index contributed by atoms with van der Waals surface area (Å²) in [6.45, 7) is 7.14. The van der Waals surface area contributed by atoms with Gasteiger partial charge >= 0.3 is 0 Å². The molecular weight excluding hydrogens is 232 g/mol. The maximum Gasteiger partial charge on any atom is 0.163 e. The van der Waals surface area contributed by atoms with Crippen molar-refractivity contribution in [2.45, 2.75) is 33.6 Å². The van der Waals surface area contributed by atoms with E-state index in [1.165, 1.54) is 6.42 Å². The van der Waals surface area contributed by atoms with Crippen LogP contribution < -0.4 is 0 Å². The zero-order valence-corrected chi connectivity index (χ0v) is 11.9. The molecule has 99 valence electrons. The Morgan fingerprint density at radius 1 is 1.26 bits per heavy atom. The fourth-order valence-corrected chi connectivity index (χ4v) is 4.88. The van der Waals surface area contributed by atoms with Crippen LogP contribution in [0.4, 0.5) is 0 Å². The van der Waals surface area contributed by atoms with Crippen molar-refractivity contribution in [1.82, 2.24) is 0 Å². The highest BCUT2D eigenvalue weighted by atomic mass is 16.1. The maximum absolute atomic E-state index is 12.0. The zero-order chi connectivity index (χ0) is 13.4. The number of carbonyl (C=O) groups is 1. The molecule has 0 aliphatic heterocycles. The maximum atomic E-state index is 12.0. The van der Waals surface area contributed by atoms with Crippen LogP contribution in [0, 0.1) is 46.8 Å². The van der Waals surface area contributed by atoms with E-state index in [1.54, 1.807) is 17.9 Å². The molecular formula is C18H21O. The van der Waals surface area contributed by atoms with Gasteiger partial charge in [-0.2, -0.15) is 0 Å². The van der Waals surface area contributed by atoms with Crippen molar-refractivity contribution in [1.29, 1.82) is 0 Å². The Morgan fingerprint density at radius 3 is 2.84 bits per heavy atom. The van der Waals surface area contributed by atoms with Gasteiger partial charge in [-0.3, -0.25) is 4.79 Å². The lowest BCUT2D eigenvalue weighted by Gasteiger charge is -2.38. The highest BCUT2D eigenvalue weighted by molar-refractivity contribution is 6.05. The number of ketones is 1. The second-order valence-corrected chi connectivity index (χ2v) is 7.21. The van der Waals surface area contributed by atoms with Crippen molar-refractivity contribution in [3.63, 3.8) is 0 Å². The van der Waals surface area contributed by atoms with E-state index in [9.17, 15) is 4.79 Å². The zero-order valence-electron chi connectivity index (χ0n) is 11.9. The van der Waals surface area contributed by atoms with Crippen LogP contribution in [0.5, 0.6) is 0 Å². The molecule has 0 heterocycles. The molecule has 2 saturated carbocycles. The smallest absolute Gasteiger partial charge is 0.163 e. The summed E-state index contributed by atoms with van der Waals surface area (Å²) in [5.74, 6) is 7.02. The molecule has 0 aromatic carbocycles. The van der Waals surface area contributed by atoms with E-state index < -0.39 is 0 Å². The summed E-state index contributed by atoms with van der Waals surface area (Å²) in [6.07, 6.45) is 10.7. The van der Waals surface area contributed by atoms with Crippen molar-refractivity contribution in [2.24, 2.45) is 29.1 Å². The largest absolute Gasteiger partial charge is 0.294 e. The van der Waals surface area contributed by atoms with Crippen molar-refractivity contribution in [2.75, 3.05) is 0 Å². The summed E-state index contributed by atoms with van der Waals surface area (Å²) >= 11 is 0. The van der Waals surface area contributed by atoms with Gasteiger partial charge in [0.2, 0.25) is 0 Å². The predicted octanol–water partition coefficient (Wildman–Crippen LogP) is 3.74. The SMILES string of the molecule is C[C@@H]1C[C]2[C@H]([C@@H]3C=CC[C]4C(=O)C=C[C@H]4[C]13)C2(C)C. The van der Waals surface area contributed by atoms with E-state index in [4.69, 9.17) is 0 Å². The average molecular weight is 253 g/mol. The first-order chi connectivity index (χ1) is 9.01. The third-order valence-corrected chi connectivity index (χ3v) is 5.91. The van der Waals surface area contributed by atoms with Crippen molar-refractivity contribution >= 4 is 5.78 Å². The molecule has 0 saturated heterocycles. The highest BCUT2D eigenvalue weighted by Crippen LogP contribution is 2.73. The summed E-state index contributed by atoms with van der Waals surface area (Å²) in [7, 11) is 0. The summed E-state index contributed by atoms with van der Waals surface area (Å²) in [4.78, 5) is 12.0. The molecule has 0 aromatic heterocycles. The molecule has 4 aliphatic rings. The minimum Gasteiger partial charge on any atom is -0.294 e. The lowest BCUT2D eigenvalue weighted by molar-refractivity contribution is -0.113. The first kappa shape index (κ1) is 11.9. The Hall–Kier alpha value is -0.850. The summed E-state index contributed by atoms with van der Waals surface area (Å²) in [5, 5.41) is 0. The van der Waals surface area contributed by atoms with Gasteiger partial charge in [0.25, 0.3) is 0 Å². The van der Waals surface area contributed by atoms with Gasteiger partial charge in [-0.1, -0.05) is 39.0 Å². The third kappa shape index (κ3) is 1.45. The number of hydrogen-bond donors (Lipinski definition) is 0. The van der Waals surface area contributed by atoms with Crippen LogP contribution in [-0.2, 0) is 4.79 Å². The lowest BCUT2D eigenvalue weighted by Crippen LogP contribution is -2.32. The molecule has 0 N–H and O–H groups in total. The molecule has 0 unspecified atom stereocenters. The van der Waals surface area contributed by atoms with Gasteiger partial charge in [0.1, 0.15) is 0 Å². The molecule has 19 heavy (non-hydrogen) atoms. The molecule has 0 bridgehead atoms. The van der Waals surface area contributed by atoms with Crippen molar-refractivity contribution < 1.29 is 4.79 Å². The van der Waals surface area contributed by atoms with E-state index in [0.29, 0.717) is 23.2 Å². The molecule has 1 nitrogen and oxygen atoms in total. The highest BCUT2D eigenvalue weighted by Gasteiger charge is 2.66. The fourth-order valence-electron chi connectivity index (χ4n) is 4.88. The molecule has 0 spiro atoms. The quantitative estimate of drug-likeness (QED) is 0.601. The van der Waals surface area contributed by atoms with Gasteiger partial charge in [-0.25, -0.2) is 0 Å². The molecule has 1 heteroatoms. The van der Waals surface area contributed by atoms with Gasteiger partial charge in [0, 0.05) is 0 Å². The second-order valence-electron chi connectivity index (χ2n) is 7.21. The molecule has 3 radical (unpaired) electrons. The fraction of sp³-hybridized carbons (Fsp3) is 0.556. The molecule has 2 fully saturated rings. The van der Waals surface area contributed by atoms with Crippen LogP contribution in [0.25, 0.3) is 0 Å². The molecule has 0 aromatic rings. The Bertz CT molecular complexity index is 484. The first-order valence-corrected chi connectivity index (χ1v) is 7.49. The summed E-state index contributed by atoms with van der Waals surface area (Å²) < 4.78 is 0. The van der Waals surface area contributed by atoms with E-state index in [2.05, 4.69) is 39.0 Å². The molecule has 4 rings (SSSR count). The van der Waals surface area contributed by atoms with Gasteiger partial charge in [-0.15, -0.1) is 0 Å². The van der Waals surface area contributed by atoms with Crippen LogP contribution in [0.2, 0.25) is 0 Å². The number of rotatable bonds is 0. The Labute approximate surface area is 116 Å². The third-order valence-electron chi connectivity index (χ3n) is 5.91. The molecule has 0 amide bonds. The number of hydrogen-bond acceptors (Lipinski definition) is 1.